The van der Waals surface area contributed by atoms with Gasteiger partial charge in [0.25, 0.3) is 10.0 Å². The molecule has 0 aliphatic carbocycles. The van der Waals surface area contributed by atoms with Crippen molar-refractivity contribution in [2.24, 2.45) is 15.5 Å². The fraction of sp³-hybridized carbons (Fsp3) is 0.214. The van der Waals surface area contributed by atoms with Crippen LogP contribution in [0, 0.1) is 5.41 Å². The molecule has 0 saturated carbocycles. The summed E-state index contributed by atoms with van der Waals surface area (Å²) < 4.78 is 27.9. The average molecular weight is 528 g/mol. The highest BCUT2D eigenvalue weighted by Crippen LogP contribution is 2.29. The number of nitrogens with zero attached hydrogens (tertiary/aromatic N) is 6. The van der Waals surface area contributed by atoms with Gasteiger partial charge in [-0.05, 0) is 60.7 Å². The van der Waals surface area contributed by atoms with Crippen LogP contribution >= 0.6 is 0 Å². The van der Waals surface area contributed by atoms with E-state index < -0.39 is 10.0 Å². The van der Waals surface area contributed by atoms with E-state index in [2.05, 4.69) is 30.6 Å². The zero-order chi connectivity index (χ0) is 27.1. The van der Waals surface area contributed by atoms with Crippen molar-refractivity contribution in [2.45, 2.75) is 25.7 Å². The number of hydrogen-bond donors (Lipinski definition) is 1. The molecule has 5 rings (SSSR count). The fourth-order valence-electron chi connectivity index (χ4n) is 3.96. The van der Waals surface area contributed by atoms with Crippen LogP contribution in [0.4, 0.5) is 17.1 Å². The van der Waals surface area contributed by atoms with Crippen molar-refractivity contribution in [1.29, 1.82) is 0 Å². The number of anilines is 2. The summed E-state index contributed by atoms with van der Waals surface area (Å²) in [7, 11) is 0.320. The van der Waals surface area contributed by atoms with Crippen molar-refractivity contribution in [2.75, 3.05) is 23.7 Å². The first-order chi connectivity index (χ1) is 18.0. The third kappa shape index (κ3) is 5.08. The lowest BCUT2D eigenvalue weighted by Gasteiger charge is -2.18. The molecule has 1 aliphatic rings. The quantitative estimate of drug-likeness (QED) is 0.371. The maximum atomic E-state index is 12.6. The minimum absolute atomic E-state index is 0.201. The Balaban J connectivity index is 1.44. The second-order valence-corrected chi connectivity index (χ2v) is 11.9. The van der Waals surface area contributed by atoms with Crippen LogP contribution in [-0.2, 0) is 10.0 Å². The minimum Gasteiger partial charge on any atom is -0.378 e. The third-order valence-electron chi connectivity index (χ3n) is 5.99. The molecule has 9 nitrogen and oxygen atoms in total. The second kappa shape index (κ2) is 9.53. The van der Waals surface area contributed by atoms with E-state index in [-0.39, 0.29) is 10.3 Å². The number of aliphatic imine (C=N–C) groups is 1. The van der Waals surface area contributed by atoms with Crippen LogP contribution in [0.5, 0.6) is 0 Å². The maximum absolute atomic E-state index is 12.6. The van der Waals surface area contributed by atoms with Gasteiger partial charge in [0.2, 0.25) is 5.82 Å². The average Bonchev–Trinajstić information content (AvgIpc) is 3.44. The first-order valence-corrected chi connectivity index (χ1v) is 13.6. The van der Waals surface area contributed by atoms with Crippen LogP contribution in [0.15, 0.2) is 93.9 Å². The molecule has 1 aliphatic heterocycles. The molecule has 0 fully saturated rings. The Labute approximate surface area is 222 Å². The lowest BCUT2D eigenvalue weighted by Crippen LogP contribution is -2.27. The Bertz CT molecular complexity index is 1630. The monoisotopic (exact) mass is 527 g/mol. The minimum atomic E-state index is -3.67. The van der Waals surface area contributed by atoms with Crippen LogP contribution in [-0.4, -0.2) is 48.8 Å². The van der Waals surface area contributed by atoms with Crippen molar-refractivity contribution in [3.63, 3.8) is 0 Å². The maximum Gasteiger partial charge on any atom is 0.261 e. The SMILES string of the molecule is CN(C)c1ccc(N=C2C(C(C)(C)C)=Nn3nc(-c4ccc(NS(=O)(=O)c5ccccc5)cc4)nc32)cc1. The van der Waals surface area contributed by atoms with E-state index in [0.29, 0.717) is 23.0 Å². The number of aromatic nitrogens is 3. The molecule has 1 N–H and O–H groups in total. The van der Waals surface area contributed by atoms with Crippen molar-refractivity contribution in [3.8, 4) is 11.4 Å². The van der Waals surface area contributed by atoms with Crippen LogP contribution in [0.2, 0.25) is 0 Å². The van der Waals surface area contributed by atoms with E-state index in [1.165, 1.54) is 4.79 Å². The summed E-state index contributed by atoms with van der Waals surface area (Å²) >= 11 is 0. The van der Waals surface area contributed by atoms with Gasteiger partial charge in [-0.1, -0.05) is 39.0 Å². The van der Waals surface area contributed by atoms with Crippen molar-refractivity contribution in [3.05, 3.63) is 84.7 Å². The van der Waals surface area contributed by atoms with Crippen LogP contribution in [0.1, 0.15) is 26.6 Å². The number of nitrogens with one attached hydrogen (secondary N) is 1. The Hall–Kier alpha value is -4.31. The van der Waals surface area contributed by atoms with Crippen molar-refractivity contribution in [1.82, 2.24) is 14.9 Å². The van der Waals surface area contributed by atoms with Gasteiger partial charge in [-0.2, -0.15) is 5.10 Å². The molecule has 0 amide bonds. The summed E-state index contributed by atoms with van der Waals surface area (Å²) in [6.07, 6.45) is 0. The lowest BCUT2D eigenvalue weighted by molar-refractivity contribution is 0.589. The van der Waals surface area contributed by atoms with Crippen LogP contribution in [0.3, 0.4) is 0 Å². The molecule has 38 heavy (non-hydrogen) atoms. The molecule has 3 aromatic carbocycles. The highest BCUT2D eigenvalue weighted by atomic mass is 32.2. The van der Waals surface area contributed by atoms with Gasteiger partial charge >= 0.3 is 0 Å². The zero-order valence-corrected chi connectivity index (χ0v) is 22.7. The molecular formula is C28H29N7O2S. The van der Waals surface area contributed by atoms with E-state index in [0.717, 1.165) is 22.6 Å². The zero-order valence-electron chi connectivity index (χ0n) is 21.9. The van der Waals surface area contributed by atoms with Gasteiger partial charge in [-0.15, -0.1) is 9.89 Å². The normalized spacial score (nSPS) is 14.3. The Kier molecular flexibility index (Phi) is 6.36. The molecule has 194 valence electrons. The van der Waals surface area contributed by atoms with Crippen LogP contribution < -0.4 is 9.62 Å². The largest absolute Gasteiger partial charge is 0.378 e. The van der Waals surface area contributed by atoms with E-state index in [1.54, 1.807) is 54.6 Å². The molecule has 10 heteroatoms. The molecule has 0 bridgehead atoms. The molecule has 1 aromatic heterocycles. The fourth-order valence-corrected chi connectivity index (χ4v) is 5.04. The predicted molar refractivity (Wildman–Crippen MR) is 152 cm³/mol. The molecule has 0 unspecified atom stereocenters. The van der Waals surface area contributed by atoms with Gasteiger partial charge in [0.15, 0.2) is 5.82 Å². The molecule has 2 heterocycles. The van der Waals surface area contributed by atoms with Crippen molar-refractivity contribution >= 4 is 38.5 Å². The van der Waals surface area contributed by atoms with Gasteiger partial charge in [0.1, 0.15) is 5.71 Å². The number of fused-ring (bicyclic) bond motifs is 1. The standard InChI is InChI=1S/C28H29N7O2S/c1-28(2,3)25-24(29-20-15-17-22(18-16-20)34(4)5)27-30-26(32-35(27)31-25)19-11-13-21(14-12-19)33-38(36,37)23-9-7-6-8-10-23/h6-18,33H,1-5H3. The summed E-state index contributed by atoms with van der Waals surface area (Å²) in [6, 6.07) is 23.2. The Morgan fingerprint density at radius 2 is 1.55 bits per heavy atom. The Morgan fingerprint density at radius 1 is 0.895 bits per heavy atom. The van der Waals surface area contributed by atoms with E-state index in [9.17, 15) is 8.42 Å². The van der Waals surface area contributed by atoms with E-state index in [4.69, 9.17) is 15.1 Å². The van der Waals surface area contributed by atoms with Gasteiger partial charge in [0.05, 0.1) is 16.3 Å². The van der Waals surface area contributed by atoms with E-state index in [1.807, 2.05) is 43.3 Å². The highest BCUT2D eigenvalue weighted by Gasteiger charge is 2.34. The summed E-state index contributed by atoms with van der Waals surface area (Å²) in [6.45, 7) is 6.25. The Morgan fingerprint density at radius 3 is 2.16 bits per heavy atom. The summed E-state index contributed by atoms with van der Waals surface area (Å²) in [4.78, 5) is 13.4. The molecule has 4 aromatic rings. The van der Waals surface area contributed by atoms with E-state index >= 15 is 0 Å². The molecule has 0 atom stereocenters. The molecular weight excluding hydrogens is 498 g/mol. The predicted octanol–water partition coefficient (Wildman–Crippen LogP) is 5.20. The molecule has 0 spiro atoms. The topological polar surface area (TPSA) is 105 Å². The second-order valence-electron chi connectivity index (χ2n) is 10.2. The third-order valence-corrected chi connectivity index (χ3v) is 7.38. The molecule has 0 radical (unpaired) electrons. The number of hydrogen-bond acceptors (Lipinski definition) is 7. The summed E-state index contributed by atoms with van der Waals surface area (Å²) in [5.41, 5.74) is 4.29. The van der Waals surface area contributed by atoms with Gasteiger partial charge in [0, 0.05) is 36.4 Å². The molecule has 0 saturated heterocycles. The first-order valence-electron chi connectivity index (χ1n) is 12.1. The van der Waals surface area contributed by atoms with Gasteiger partial charge < -0.3 is 4.90 Å². The van der Waals surface area contributed by atoms with Crippen LogP contribution in [0.25, 0.3) is 11.4 Å². The lowest BCUT2D eigenvalue weighted by atomic mass is 9.87. The summed E-state index contributed by atoms with van der Waals surface area (Å²) in [5, 5.41) is 9.32. The highest BCUT2D eigenvalue weighted by molar-refractivity contribution is 7.92. The first kappa shape index (κ1) is 25.3. The van der Waals surface area contributed by atoms with Gasteiger partial charge in [-0.3, -0.25) is 4.72 Å². The van der Waals surface area contributed by atoms with Gasteiger partial charge in [-0.25, -0.2) is 18.4 Å². The summed E-state index contributed by atoms with van der Waals surface area (Å²) in [5.74, 6) is 1.04. The smallest absolute Gasteiger partial charge is 0.261 e. The number of sulfonamides is 1. The number of benzene rings is 3. The number of rotatable bonds is 6. The van der Waals surface area contributed by atoms with Crippen molar-refractivity contribution < 1.29 is 8.42 Å².